The van der Waals surface area contributed by atoms with E-state index in [-0.39, 0.29) is 11.5 Å². The third-order valence-electron chi connectivity index (χ3n) is 4.21. The molecule has 0 unspecified atom stereocenters. The van der Waals surface area contributed by atoms with Crippen LogP contribution in [0.1, 0.15) is 35.9 Å². The third kappa shape index (κ3) is 6.56. The Morgan fingerprint density at radius 3 is 2.40 bits per heavy atom. The molecule has 0 saturated heterocycles. The van der Waals surface area contributed by atoms with Gasteiger partial charge in [0, 0.05) is 32.4 Å². The van der Waals surface area contributed by atoms with Gasteiger partial charge in [-0.25, -0.2) is 10.3 Å². The van der Waals surface area contributed by atoms with Crippen LogP contribution in [0, 0.1) is 9.49 Å². The number of ketones is 1. The third-order valence-corrected chi connectivity index (χ3v) is 4.88. The number of phenolic OH excluding ortho intramolecular Hbond substituents is 1. The van der Waals surface area contributed by atoms with Crippen molar-refractivity contribution in [2.24, 2.45) is 5.92 Å². The Morgan fingerprint density at radius 2 is 1.80 bits per heavy atom. The fourth-order valence-corrected chi connectivity index (χ4v) is 3.15. The molecule has 0 aromatic heterocycles. The maximum atomic E-state index is 12.5. The topological polar surface area (TPSA) is 125 Å². The van der Waals surface area contributed by atoms with Crippen LogP contribution in [0.4, 0.5) is 10.5 Å². The van der Waals surface area contributed by atoms with Crippen molar-refractivity contribution in [1.82, 2.24) is 5.48 Å². The van der Waals surface area contributed by atoms with Crippen LogP contribution in [0.2, 0.25) is 0 Å². The largest absolute Gasteiger partial charge is 0.508 e. The first-order chi connectivity index (χ1) is 14.2. The first-order valence-electron chi connectivity index (χ1n) is 8.90. The molecule has 0 aliphatic heterocycles. The molecule has 8 nitrogen and oxygen atoms in total. The second-order valence-corrected chi connectivity index (χ2v) is 7.73. The number of phenols is 1. The zero-order valence-corrected chi connectivity index (χ0v) is 18.4. The number of amides is 2. The van der Waals surface area contributed by atoms with Crippen LogP contribution in [0.3, 0.4) is 0 Å². The molecule has 2 aromatic carbocycles. The first-order valence-corrected chi connectivity index (χ1v) is 9.98. The molecular formula is C21H21IN2O6. The van der Waals surface area contributed by atoms with Gasteiger partial charge in [-0.1, -0.05) is 13.0 Å². The quantitative estimate of drug-likeness (QED) is 0.142. The molecule has 2 rings (SSSR count). The van der Waals surface area contributed by atoms with Crippen LogP contribution in [-0.2, 0) is 9.53 Å². The summed E-state index contributed by atoms with van der Waals surface area (Å²) in [4.78, 5) is 35.1. The lowest BCUT2D eigenvalue weighted by atomic mass is 9.96. The number of anilines is 1. The van der Waals surface area contributed by atoms with E-state index in [0.717, 1.165) is 9.65 Å². The molecule has 0 aliphatic rings. The van der Waals surface area contributed by atoms with Crippen molar-refractivity contribution in [3.8, 4) is 5.75 Å². The van der Waals surface area contributed by atoms with E-state index in [9.17, 15) is 19.5 Å². The Morgan fingerprint density at radius 1 is 1.13 bits per heavy atom. The molecule has 4 N–H and O–H groups in total. The number of ether oxygens (including phenoxy) is 1. The molecule has 158 valence electrons. The normalized spacial score (nSPS) is 12.8. The summed E-state index contributed by atoms with van der Waals surface area (Å²) in [5.74, 6) is -1.41. The molecule has 2 atom stereocenters. The van der Waals surface area contributed by atoms with Crippen LogP contribution < -0.4 is 10.8 Å². The minimum atomic E-state index is -0.918. The van der Waals surface area contributed by atoms with Gasteiger partial charge in [-0.15, -0.1) is 0 Å². The van der Waals surface area contributed by atoms with Gasteiger partial charge in [-0.2, -0.15) is 0 Å². The molecule has 0 radical (unpaired) electrons. The summed E-state index contributed by atoms with van der Waals surface area (Å²) in [6, 6.07) is 11.2. The highest BCUT2D eigenvalue weighted by Gasteiger charge is 2.25. The summed E-state index contributed by atoms with van der Waals surface area (Å²) in [6.07, 6.45) is 0.856. The number of Topliss-reactive ketones (excluding diaryl/α,β-unsaturated/α-hetero) is 1. The summed E-state index contributed by atoms with van der Waals surface area (Å²) in [7, 11) is 0. The molecule has 9 heteroatoms. The SMILES string of the molecule is CC(=O)c1ccc(NC(=O)O[C@@H](c2cc(I)ccc2O)[C@H](C)/C=C/C(=O)NO)cc1. The average molecular weight is 524 g/mol. The van der Waals surface area contributed by atoms with Crippen LogP contribution in [0.5, 0.6) is 5.75 Å². The van der Waals surface area contributed by atoms with E-state index in [1.165, 1.54) is 24.5 Å². The molecule has 0 heterocycles. The number of hydrogen-bond donors (Lipinski definition) is 4. The highest BCUT2D eigenvalue weighted by atomic mass is 127. The predicted molar refractivity (Wildman–Crippen MR) is 118 cm³/mol. The summed E-state index contributed by atoms with van der Waals surface area (Å²) in [6.45, 7) is 3.14. The first kappa shape index (κ1) is 23.4. The summed E-state index contributed by atoms with van der Waals surface area (Å²) in [5.41, 5.74) is 2.79. The van der Waals surface area contributed by atoms with Crippen molar-refractivity contribution in [3.05, 3.63) is 69.3 Å². The van der Waals surface area contributed by atoms with Crippen molar-refractivity contribution in [2.75, 3.05) is 5.32 Å². The standard InChI is InChI=1S/C21H21IN2O6/c1-12(3-10-19(27)24-29)20(17-11-15(22)6-9-18(17)26)30-21(28)23-16-7-4-14(5-8-16)13(2)25/h3-12,20,26,29H,1-2H3,(H,23,28)(H,24,27)/b10-3+/t12-,20-/m1/s1. The molecule has 30 heavy (non-hydrogen) atoms. The maximum absolute atomic E-state index is 12.5. The molecule has 0 bridgehead atoms. The molecule has 0 aliphatic carbocycles. The zero-order chi connectivity index (χ0) is 22.3. The number of carbonyl (C=O) groups is 3. The second-order valence-electron chi connectivity index (χ2n) is 6.48. The van der Waals surface area contributed by atoms with Crippen molar-refractivity contribution in [1.29, 1.82) is 0 Å². The van der Waals surface area contributed by atoms with Gasteiger partial charge < -0.3 is 9.84 Å². The van der Waals surface area contributed by atoms with Gasteiger partial charge in [0.2, 0.25) is 0 Å². The van der Waals surface area contributed by atoms with Gasteiger partial charge in [0.25, 0.3) is 5.91 Å². The average Bonchev–Trinajstić information content (AvgIpc) is 2.72. The molecule has 0 spiro atoms. The van der Waals surface area contributed by atoms with Gasteiger partial charge >= 0.3 is 6.09 Å². The lowest BCUT2D eigenvalue weighted by Gasteiger charge is -2.23. The van der Waals surface area contributed by atoms with Crippen LogP contribution in [-0.4, -0.2) is 28.1 Å². The Kier molecular flexibility index (Phi) is 8.36. The highest BCUT2D eigenvalue weighted by molar-refractivity contribution is 14.1. The summed E-state index contributed by atoms with van der Waals surface area (Å²) >= 11 is 2.07. The van der Waals surface area contributed by atoms with Crippen molar-refractivity contribution in [3.63, 3.8) is 0 Å². The van der Waals surface area contributed by atoms with E-state index in [2.05, 4.69) is 27.9 Å². The van der Waals surface area contributed by atoms with Crippen molar-refractivity contribution < 1.29 is 29.4 Å². The Labute approximate surface area is 187 Å². The molecule has 2 amide bonds. The van der Waals surface area contributed by atoms with Crippen LogP contribution in [0.15, 0.2) is 54.6 Å². The molecule has 0 saturated carbocycles. The lowest BCUT2D eigenvalue weighted by Crippen LogP contribution is -2.22. The number of hydroxylamine groups is 1. The Bertz CT molecular complexity index is 958. The lowest BCUT2D eigenvalue weighted by molar-refractivity contribution is -0.124. The van der Waals surface area contributed by atoms with E-state index >= 15 is 0 Å². The van der Waals surface area contributed by atoms with Gasteiger partial charge in [0.15, 0.2) is 5.78 Å². The van der Waals surface area contributed by atoms with E-state index in [0.29, 0.717) is 16.8 Å². The number of carbonyl (C=O) groups excluding carboxylic acids is 3. The number of benzene rings is 2. The van der Waals surface area contributed by atoms with Crippen molar-refractivity contribution >= 4 is 46.1 Å². The van der Waals surface area contributed by atoms with Crippen LogP contribution in [0.25, 0.3) is 0 Å². The molecule has 2 aromatic rings. The number of hydrogen-bond acceptors (Lipinski definition) is 6. The van der Waals surface area contributed by atoms with Gasteiger partial charge in [0.05, 0.1) is 0 Å². The number of aromatic hydroxyl groups is 1. The number of nitrogens with one attached hydrogen (secondary N) is 2. The van der Waals surface area contributed by atoms with E-state index < -0.39 is 24.0 Å². The van der Waals surface area contributed by atoms with E-state index in [1.54, 1.807) is 43.3 Å². The Balaban J connectivity index is 2.24. The van der Waals surface area contributed by atoms with E-state index in [4.69, 9.17) is 9.94 Å². The smallest absolute Gasteiger partial charge is 0.412 e. The molecule has 0 fully saturated rings. The fraction of sp³-hybridized carbons (Fsp3) is 0.190. The second kappa shape index (κ2) is 10.7. The molecular weight excluding hydrogens is 503 g/mol. The predicted octanol–water partition coefficient (Wildman–Crippen LogP) is 4.19. The monoisotopic (exact) mass is 524 g/mol. The number of halogens is 1. The van der Waals surface area contributed by atoms with Gasteiger partial charge in [-0.05, 0) is 72.0 Å². The minimum Gasteiger partial charge on any atom is -0.508 e. The van der Waals surface area contributed by atoms with Crippen molar-refractivity contribution in [2.45, 2.75) is 20.0 Å². The van der Waals surface area contributed by atoms with Crippen LogP contribution >= 0.6 is 22.6 Å². The maximum Gasteiger partial charge on any atom is 0.412 e. The zero-order valence-electron chi connectivity index (χ0n) is 16.3. The summed E-state index contributed by atoms with van der Waals surface area (Å²) in [5, 5.41) is 21.5. The highest BCUT2D eigenvalue weighted by Crippen LogP contribution is 2.34. The van der Waals surface area contributed by atoms with E-state index in [1.807, 2.05) is 0 Å². The van der Waals surface area contributed by atoms with Gasteiger partial charge in [-0.3, -0.25) is 20.1 Å². The summed E-state index contributed by atoms with van der Waals surface area (Å²) < 4.78 is 6.37. The Hall–Kier alpha value is -2.92. The van der Waals surface area contributed by atoms with Gasteiger partial charge in [0.1, 0.15) is 11.9 Å². The fourth-order valence-electron chi connectivity index (χ4n) is 2.64. The number of rotatable bonds is 7. The minimum absolute atomic E-state index is 0.0640.